The van der Waals surface area contributed by atoms with Crippen LogP contribution in [-0.4, -0.2) is 31.1 Å². The lowest BCUT2D eigenvalue weighted by Gasteiger charge is -2.11. The van der Waals surface area contributed by atoms with Crippen molar-refractivity contribution in [3.63, 3.8) is 0 Å². The minimum atomic E-state index is -1.18. The fourth-order valence-electron chi connectivity index (χ4n) is 1.84. The van der Waals surface area contributed by atoms with Gasteiger partial charge in [0, 0.05) is 23.7 Å². The maximum atomic E-state index is 10.9. The Morgan fingerprint density at radius 3 is 2.53 bits per heavy atom. The molecule has 7 heteroatoms. The minimum Gasteiger partial charge on any atom is -0.504 e. The van der Waals surface area contributed by atoms with Crippen LogP contribution < -0.4 is 0 Å². The van der Waals surface area contributed by atoms with Crippen molar-refractivity contribution in [1.29, 1.82) is 0 Å². The van der Waals surface area contributed by atoms with Crippen molar-refractivity contribution in [1.82, 2.24) is 9.78 Å². The van der Waals surface area contributed by atoms with Crippen LogP contribution >= 0.6 is 11.6 Å². The summed E-state index contributed by atoms with van der Waals surface area (Å²) in [5, 5.41) is 32.5. The second-order valence-corrected chi connectivity index (χ2v) is 4.48. The van der Waals surface area contributed by atoms with E-state index in [1.807, 2.05) is 0 Å². The van der Waals surface area contributed by atoms with E-state index in [-0.39, 0.29) is 27.8 Å². The summed E-state index contributed by atoms with van der Waals surface area (Å²) in [6.07, 6.45) is 0. The van der Waals surface area contributed by atoms with Crippen LogP contribution in [0.2, 0.25) is 5.02 Å². The van der Waals surface area contributed by atoms with Gasteiger partial charge in [-0.05, 0) is 18.6 Å². The highest BCUT2D eigenvalue weighted by atomic mass is 35.5. The van der Waals surface area contributed by atoms with E-state index in [0.29, 0.717) is 11.3 Å². The number of hydrogen-bond donors (Lipinski definition) is 3. The van der Waals surface area contributed by atoms with Gasteiger partial charge in [0.2, 0.25) is 0 Å². The molecule has 6 nitrogen and oxygen atoms in total. The summed E-state index contributed by atoms with van der Waals surface area (Å²) in [6, 6.07) is 2.53. The monoisotopic (exact) mass is 282 g/mol. The van der Waals surface area contributed by atoms with Crippen LogP contribution in [0, 0.1) is 6.92 Å². The van der Waals surface area contributed by atoms with Gasteiger partial charge in [-0.2, -0.15) is 5.10 Å². The first-order valence-electron chi connectivity index (χ1n) is 5.31. The van der Waals surface area contributed by atoms with Crippen LogP contribution in [0.1, 0.15) is 16.1 Å². The number of aromatic hydroxyl groups is 2. The summed E-state index contributed by atoms with van der Waals surface area (Å²) < 4.78 is 1.31. The largest absolute Gasteiger partial charge is 0.504 e. The first kappa shape index (κ1) is 13.2. The van der Waals surface area contributed by atoms with E-state index in [1.54, 1.807) is 14.0 Å². The van der Waals surface area contributed by atoms with Gasteiger partial charge in [-0.3, -0.25) is 4.68 Å². The topological polar surface area (TPSA) is 95.6 Å². The third kappa shape index (κ3) is 2.10. The lowest BCUT2D eigenvalue weighted by molar-refractivity contribution is 0.0689. The number of carboxylic acid groups (broad SMARTS) is 1. The Balaban J connectivity index is 2.75. The molecular weight excluding hydrogens is 272 g/mol. The van der Waals surface area contributed by atoms with Gasteiger partial charge in [0.05, 0.1) is 5.69 Å². The molecule has 0 aliphatic carbocycles. The summed E-state index contributed by atoms with van der Waals surface area (Å²) in [6.45, 7) is 1.66. The number of rotatable bonds is 2. The van der Waals surface area contributed by atoms with Gasteiger partial charge in [0.1, 0.15) is 0 Å². The molecule has 0 aliphatic heterocycles. The molecule has 2 aromatic rings. The Morgan fingerprint density at radius 2 is 2.00 bits per heavy atom. The zero-order chi connectivity index (χ0) is 14.3. The van der Waals surface area contributed by atoms with E-state index in [1.165, 1.54) is 16.8 Å². The number of carbonyl (C=O) groups is 1. The zero-order valence-corrected chi connectivity index (χ0v) is 10.9. The molecule has 0 aliphatic rings. The Hall–Kier alpha value is -2.21. The van der Waals surface area contributed by atoms with Crippen LogP contribution in [-0.2, 0) is 7.05 Å². The Labute approximate surface area is 113 Å². The van der Waals surface area contributed by atoms with Gasteiger partial charge in [0.15, 0.2) is 17.2 Å². The zero-order valence-electron chi connectivity index (χ0n) is 10.2. The number of hydrogen-bond acceptors (Lipinski definition) is 4. The number of benzene rings is 1. The standard InChI is InChI=1S/C12H11ClN2O4/c1-5-6(13)3-9(16)11(17)10(5)8-4-7(12(18)19)14-15(8)2/h3-4,16-17H,1-2H3,(H,18,19). The predicted octanol–water partition coefficient (Wildman–Crippen LogP) is 2.16. The van der Waals surface area contributed by atoms with E-state index in [9.17, 15) is 15.0 Å². The predicted molar refractivity (Wildman–Crippen MR) is 68.7 cm³/mol. The molecule has 0 bridgehead atoms. The summed E-state index contributed by atoms with van der Waals surface area (Å²) in [4.78, 5) is 10.9. The molecule has 1 heterocycles. The molecule has 1 aromatic heterocycles. The molecule has 0 amide bonds. The van der Waals surface area contributed by atoms with Crippen molar-refractivity contribution in [2.75, 3.05) is 0 Å². The number of phenolic OH excluding ortho intramolecular Hbond substituents is 2. The fourth-order valence-corrected chi connectivity index (χ4v) is 2.04. The van der Waals surface area contributed by atoms with Crippen LogP contribution in [0.4, 0.5) is 0 Å². The van der Waals surface area contributed by atoms with Gasteiger partial charge in [-0.15, -0.1) is 0 Å². The van der Waals surface area contributed by atoms with Gasteiger partial charge in [-0.1, -0.05) is 11.6 Å². The Morgan fingerprint density at radius 1 is 1.37 bits per heavy atom. The fraction of sp³-hybridized carbons (Fsp3) is 0.167. The van der Waals surface area contributed by atoms with Gasteiger partial charge in [0.25, 0.3) is 0 Å². The van der Waals surface area contributed by atoms with Crippen LogP contribution in [0.3, 0.4) is 0 Å². The number of aromatic carboxylic acids is 1. The van der Waals surface area contributed by atoms with Crippen molar-refractivity contribution < 1.29 is 20.1 Å². The molecule has 3 N–H and O–H groups in total. The molecule has 1 aromatic carbocycles. The number of aromatic nitrogens is 2. The molecule has 100 valence electrons. The molecule has 0 saturated heterocycles. The normalized spacial score (nSPS) is 10.7. The second-order valence-electron chi connectivity index (χ2n) is 4.07. The quantitative estimate of drug-likeness (QED) is 0.734. The van der Waals surface area contributed by atoms with Crippen molar-refractivity contribution in [3.05, 3.63) is 28.4 Å². The van der Waals surface area contributed by atoms with Crippen molar-refractivity contribution >= 4 is 17.6 Å². The molecule has 19 heavy (non-hydrogen) atoms. The van der Waals surface area contributed by atoms with E-state index >= 15 is 0 Å². The third-order valence-corrected chi connectivity index (χ3v) is 3.22. The van der Waals surface area contributed by atoms with Crippen molar-refractivity contribution in [2.45, 2.75) is 6.92 Å². The maximum absolute atomic E-state index is 10.9. The summed E-state index contributed by atoms with van der Waals surface area (Å²) in [5.74, 6) is -1.91. The van der Waals surface area contributed by atoms with E-state index in [2.05, 4.69) is 5.10 Å². The summed E-state index contributed by atoms with van der Waals surface area (Å²) in [7, 11) is 1.54. The van der Waals surface area contributed by atoms with Gasteiger partial charge >= 0.3 is 5.97 Å². The first-order valence-corrected chi connectivity index (χ1v) is 5.69. The van der Waals surface area contributed by atoms with Gasteiger partial charge in [-0.25, -0.2) is 4.79 Å². The Kier molecular flexibility index (Phi) is 3.11. The number of carboxylic acids is 1. The van der Waals surface area contributed by atoms with Crippen LogP contribution in [0.5, 0.6) is 11.5 Å². The number of phenols is 2. The molecule has 0 fully saturated rings. The average Bonchev–Trinajstić information content (AvgIpc) is 2.70. The molecule has 0 spiro atoms. The number of halogens is 1. The highest BCUT2D eigenvalue weighted by Gasteiger charge is 2.20. The second kappa shape index (κ2) is 4.47. The maximum Gasteiger partial charge on any atom is 0.356 e. The number of nitrogens with zero attached hydrogens (tertiary/aromatic N) is 2. The lowest BCUT2D eigenvalue weighted by Crippen LogP contribution is -1.99. The first-order chi connectivity index (χ1) is 8.82. The SMILES string of the molecule is Cc1c(Cl)cc(O)c(O)c1-c1cc(C(=O)O)nn1C. The van der Waals surface area contributed by atoms with Crippen molar-refractivity contribution in [2.24, 2.45) is 7.05 Å². The molecule has 0 saturated carbocycles. The van der Waals surface area contributed by atoms with Crippen LogP contribution in [0.25, 0.3) is 11.3 Å². The molecule has 0 unspecified atom stereocenters. The highest BCUT2D eigenvalue weighted by Crippen LogP contribution is 2.42. The molecule has 0 radical (unpaired) electrons. The lowest BCUT2D eigenvalue weighted by atomic mass is 10.0. The Bertz CT molecular complexity index is 653. The van der Waals surface area contributed by atoms with Crippen molar-refractivity contribution in [3.8, 4) is 22.8 Å². The van der Waals surface area contributed by atoms with E-state index < -0.39 is 5.97 Å². The highest BCUT2D eigenvalue weighted by molar-refractivity contribution is 6.32. The van der Waals surface area contributed by atoms with Gasteiger partial charge < -0.3 is 15.3 Å². The molecule has 0 atom stereocenters. The third-order valence-electron chi connectivity index (χ3n) is 2.83. The van der Waals surface area contributed by atoms with E-state index in [0.717, 1.165) is 0 Å². The van der Waals surface area contributed by atoms with Crippen LogP contribution in [0.15, 0.2) is 12.1 Å². The smallest absolute Gasteiger partial charge is 0.356 e. The summed E-state index contributed by atoms with van der Waals surface area (Å²) >= 11 is 5.95. The van der Waals surface area contributed by atoms with E-state index in [4.69, 9.17) is 16.7 Å². The number of aryl methyl sites for hydroxylation is 1. The average molecular weight is 283 g/mol. The molecular formula is C12H11ClN2O4. The minimum absolute atomic E-state index is 0.157. The molecule has 2 rings (SSSR count). The summed E-state index contributed by atoms with van der Waals surface area (Å²) in [5.41, 5.74) is 0.977.